The molecular weight excluding hydrogens is 405 g/mol. The van der Waals surface area contributed by atoms with Crippen LogP contribution in [0.3, 0.4) is 0 Å². The lowest BCUT2D eigenvalue weighted by Gasteiger charge is -2.21. The molecule has 0 radical (unpaired) electrons. The van der Waals surface area contributed by atoms with Gasteiger partial charge < -0.3 is 4.74 Å². The van der Waals surface area contributed by atoms with Crippen molar-refractivity contribution < 1.29 is 17.9 Å². The Hall–Kier alpha value is -0.340. The Labute approximate surface area is 142 Å². The van der Waals surface area contributed by atoms with Gasteiger partial charge in [0.15, 0.2) is 0 Å². The second-order valence-corrected chi connectivity index (χ2v) is 7.63. The van der Waals surface area contributed by atoms with E-state index in [4.69, 9.17) is 23.2 Å². The molecule has 1 aromatic carbocycles. The summed E-state index contributed by atoms with van der Waals surface area (Å²) in [4.78, 5) is 11.0. The maximum absolute atomic E-state index is 12.6. The standard InChI is InChI=1S/C12H14BrCl2NO4S/c1-3-16(5-4-11(17)20-2)21(18,19)12-9(14)6-8(13)7-10(12)15/h6-7H,3-5H2,1-2H3. The van der Waals surface area contributed by atoms with Gasteiger partial charge in [-0.1, -0.05) is 46.1 Å². The fourth-order valence-corrected chi connectivity index (χ4v) is 5.00. The van der Waals surface area contributed by atoms with Gasteiger partial charge in [0.25, 0.3) is 0 Å². The van der Waals surface area contributed by atoms with E-state index in [1.807, 2.05) is 0 Å². The predicted molar refractivity (Wildman–Crippen MR) is 85.2 cm³/mol. The van der Waals surface area contributed by atoms with Crippen molar-refractivity contribution >= 4 is 55.1 Å². The molecule has 0 aromatic heterocycles. The van der Waals surface area contributed by atoms with Crippen LogP contribution in [0.4, 0.5) is 0 Å². The van der Waals surface area contributed by atoms with Gasteiger partial charge in [0, 0.05) is 17.6 Å². The molecule has 118 valence electrons. The fourth-order valence-electron chi connectivity index (χ4n) is 1.67. The smallest absolute Gasteiger partial charge is 0.306 e. The first-order valence-electron chi connectivity index (χ1n) is 5.95. The minimum absolute atomic E-state index is 0.00573. The lowest BCUT2D eigenvalue weighted by atomic mass is 10.4. The molecule has 0 saturated heterocycles. The molecule has 0 heterocycles. The van der Waals surface area contributed by atoms with Gasteiger partial charge in [0.05, 0.1) is 23.6 Å². The van der Waals surface area contributed by atoms with Crippen molar-refractivity contribution in [3.05, 3.63) is 26.7 Å². The Morgan fingerprint density at radius 3 is 2.29 bits per heavy atom. The number of carbonyl (C=O) groups is 1. The van der Waals surface area contributed by atoms with Crippen LogP contribution in [-0.4, -0.2) is 38.9 Å². The molecule has 9 heteroatoms. The Bertz CT molecular complexity index is 613. The zero-order chi connectivity index (χ0) is 16.2. The van der Waals surface area contributed by atoms with Gasteiger partial charge >= 0.3 is 5.97 Å². The summed E-state index contributed by atoms with van der Waals surface area (Å²) in [7, 11) is -2.65. The number of halogens is 3. The Morgan fingerprint density at radius 1 is 1.33 bits per heavy atom. The lowest BCUT2D eigenvalue weighted by Crippen LogP contribution is -2.33. The highest BCUT2D eigenvalue weighted by Crippen LogP contribution is 2.34. The monoisotopic (exact) mass is 417 g/mol. The summed E-state index contributed by atoms with van der Waals surface area (Å²) in [6.07, 6.45) is -0.0463. The molecule has 0 aliphatic carbocycles. The third-order valence-electron chi connectivity index (χ3n) is 2.71. The second-order valence-electron chi connectivity index (χ2n) is 4.02. The highest BCUT2D eigenvalue weighted by Gasteiger charge is 2.29. The van der Waals surface area contributed by atoms with Crippen LogP contribution in [0.25, 0.3) is 0 Å². The molecule has 0 N–H and O–H groups in total. The average molecular weight is 419 g/mol. The van der Waals surface area contributed by atoms with Crippen LogP contribution in [-0.2, 0) is 19.6 Å². The van der Waals surface area contributed by atoms with E-state index in [2.05, 4.69) is 20.7 Å². The summed E-state index contributed by atoms with van der Waals surface area (Å²) < 4.78 is 31.4. The second kappa shape index (κ2) is 7.78. The van der Waals surface area contributed by atoms with Crippen molar-refractivity contribution in [3.8, 4) is 0 Å². The van der Waals surface area contributed by atoms with Crippen LogP contribution in [0.15, 0.2) is 21.5 Å². The number of benzene rings is 1. The van der Waals surface area contributed by atoms with Crippen molar-refractivity contribution in [2.75, 3.05) is 20.2 Å². The summed E-state index contributed by atoms with van der Waals surface area (Å²) in [5.41, 5.74) is 0. The van der Waals surface area contributed by atoms with E-state index < -0.39 is 16.0 Å². The highest BCUT2D eigenvalue weighted by atomic mass is 79.9. The number of ether oxygens (including phenoxy) is 1. The van der Waals surface area contributed by atoms with E-state index in [-0.39, 0.29) is 34.5 Å². The molecule has 0 spiro atoms. The van der Waals surface area contributed by atoms with Crippen LogP contribution >= 0.6 is 39.1 Å². The Balaban J connectivity index is 3.16. The SMILES string of the molecule is CCN(CCC(=O)OC)S(=O)(=O)c1c(Cl)cc(Br)cc1Cl. The number of hydrogen-bond acceptors (Lipinski definition) is 4. The summed E-state index contributed by atoms with van der Waals surface area (Å²) in [6, 6.07) is 2.91. The van der Waals surface area contributed by atoms with Crippen LogP contribution in [0.1, 0.15) is 13.3 Å². The number of rotatable bonds is 6. The summed E-state index contributed by atoms with van der Waals surface area (Å²) in [5, 5.41) is 0.0387. The van der Waals surface area contributed by atoms with E-state index in [9.17, 15) is 13.2 Å². The predicted octanol–water partition coefficient (Wildman–Crippen LogP) is 3.33. The van der Waals surface area contributed by atoms with Crippen molar-refractivity contribution in [2.45, 2.75) is 18.2 Å². The summed E-state index contributed by atoms with van der Waals surface area (Å²) in [5.74, 6) is -0.489. The number of methoxy groups -OCH3 is 1. The van der Waals surface area contributed by atoms with Crippen molar-refractivity contribution in [2.24, 2.45) is 0 Å². The first kappa shape index (κ1) is 18.7. The molecule has 0 aliphatic heterocycles. The first-order chi connectivity index (χ1) is 9.73. The van der Waals surface area contributed by atoms with Gasteiger partial charge in [-0.05, 0) is 12.1 Å². The molecule has 0 fully saturated rings. The molecule has 0 unspecified atom stereocenters. The molecule has 5 nitrogen and oxygen atoms in total. The molecular formula is C12H14BrCl2NO4S. The van der Waals surface area contributed by atoms with E-state index in [1.54, 1.807) is 6.92 Å². The Morgan fingerprint density at radius 2 is 1.86 bits per heavy atom. The van der Waals surface area contributed by atoms with Crippen LogP contribution in [0.5, 0.6) is 0 Å². The number of sulfonamides is 1. The number of carbonyl (C=O) groups excluding carboxylic acids is 1. The van der Waals surface area contributed by atoms with E-state index >= 15 is 0 Å². The molecule has 0 saturated carbocycles. The molecule has 21 heavy (non-hydrogen) atoms. The minimum atomic E-state index is -3.89. The molecule has 0 bridgehead atoms. The topological polar surface area (TPSA) is 63.7 Å². The summed E-state index contributed by atoms with van der Waals surface area (Å²) in [6.45, 7) is 1.84. The maximum atomic E-state index is 12.6. The van der Waals surface area contributed by atoms with E-state index in [0.717, 1.165) is 4.31 Å². The fraction of sp³-hybridized carbons (Fsp3) is 0.417. The van der Waals surface area contributed by atoms with Gasteiger partial charge in [-0.2, -0.15) is 4.31 Å². The van der Waals surface area contributed by atoms with Gasteiger partial charge in [-0.25, -0.2) is 8.42 Å². The third kappa shape index (κ3) is 4.56. The Kier molecular flexibility index (Phi) is 6.93. The van der Waals surface area contributed by atoms with Gasteiger partial charge in [-0.15, -0.1) is 0 Å². The molecule has 0 aliphatic rings. The molecule has 1 aromatic rings. The highest BCUT2D eigenvalue weighted by molar-refractivity contribution is 9.10. The first-order valence-corrected chi connectivity index (χ1v) is 8.94. The largest absolute Gasteiger partial charge is 0.469 e. The van der Waals surface area contributed by atoms with Crippen LogP contribution < -0.4 is 0 Å². The number of hydrogen-bond donors (Lipinski definition) is 0. The van der Waals surface area contributed by atoms with Crippen LogP contribution in [0, 0.1) is 0 Å². The number of esters is 1. The molecule has 0 amide bonds. The van der Waals surface area contributed by atoms with Gasteiger partial charge in [0.1, 0.15) is 4.90 Å². The lowest BCUT2D eigenvalue weighted by molar-refractivity contribution is -0.140. The zero-order valence-corrected chi connectivity index (χ0v) is 15.3. The van der Waals surface area contributed by atoms with Gasteiger partial charge in [0.2, 0.25) is 10.0 Å². The van der Waals surface area contributed by atoms with Crippen LogP contribution in [0.2, 0.25) is 10.0 Å². The van der Waals surface area contributed by atoms with Crippen molar-refractivity contribution in [3.63, 3.8) is 0 Å². The summed E-state index contributed by atoms with van der Waals surface area (Å²) >= 11 is 15.2. The third-order valence-corrected chi connectivity index (χ3v) is 6.06. The zero-order valence-electron chi connectivity index (χ0n) is 11.4. The number of nitrogens with zero attached hydrogens (tertiary/aromatic N) is 1. The molecule has 0 atom stereocenters. The van der Waals surface area contributed by atoms with Gasteiger partial charge in [-0.3, -0.25) is 4.79 Å². The quantitative estimate of drug-likeness (QED) is 0.664. The molecule has 1 rings (SSSR count). The van der Waals surface area contributed by atoms with E-state index in [0.29, 0.717) is 4.47 Å². The normalized spacial score (nSPS) is 11.7. The van der Waals surface area contributed by atoms with Crippen molar-refractivity contribution in [1.29, 1.82) is 0 Å². The van der Waals surface area contributed by atoms with Crippen molar-refractivity contribution in [1.82, 2.24) is 4.31 Å². The average Bonchev–Trinajstić information content (AvgIpc) is 2.36. The minimum Gasteiger partial charge on any atom is -0.469 e. The maximum Gasteiger partial charge on any atom is 0.306 e. The van der Waals surface area contributed by atoms with E-state index in [1.165, 1.54) is 19.2 Å².